The van der Waals surface area contributed by atoms with Gasteiger partial charge in [0.05, 0.1) is 5.02 Å². The summed E-state index contributed by atoms with van der Waals surface area (Å²) < 4.78 is 0. The van der Waals surface area contributed by atoms with Gasteiger partial charge in [0.15, 0.2) is 5.78 Å². The van der Waals surface area contributed by atoms with Gasteiger partial charge in [-0.2, -0.15) is 0 Å². The van der Waals surface area contributed by atoms with Gasteiger partial charge in [0.25, 0.3) is 0 Å². The summed E-state index contributed by atoms with van der Waals surface area (Å²) in [5, 5.41) is 0.598. The van der Waals surface area contributed by atoms with Crippen LogP contribution in [0.25, 0.3) is 0 Å². The fourth-order valence-corrected chi connectivity index (χ4v) is 2.34. The molecule has 1 aliphatic rings. The first kappa shape index (κ1) is 11.7. The molecule has 86 valence electrons. The van der Waals surface area contributed by atoms with Gasteiger partial charge in [-0.15, -0.1) is 0 Å². The van der Waals surface area contributed by atoms with Crippen LogP contribution < -0.4 is 0 Å². The van der Waals surface area contributed by atoms with E-state index in [0.717, 1.165) is 11.1 Å². The average molecular weight is 237 g/mol. The molecular weight excluding hydrogens is 220 g/mol. The molecule has 1 atom stereocenters. The van der Waals surface area contributed by atoms with Crippen LogP contribution in [-0.2, 0) is 0 Å². The lowest BCUT2D eigenvalue weighted by molar-refractivity contribution is 0.0916. The van der Waals surface area contributed by atoms with E-state index in [1.807, 2.05) is 32.9 Å². The van der Waals surface area contributed by atoms with E-state index in [0.29, 0.717) is 16.5 Å². The van der Waals surface area contributed by atoms with Crippen molar-refractivity contribution >= 4 is 17.4 Å². The van der Waals surface area contributed by atoms with E-state index >= 15 is 0 Å². The molecule has 0 saturated heterocycles. The van der Waals surface area contributed by atoms with Crippen LogP contribution in [0, 0.1) is 25.7 Å². The van der Waals surface area contributed by atoms with E-state index in [1.54, 1.807) is 0 Å². The molecule has 1 aromatic carbocycles. The first-order valence-electron chi connectivity index (χ1n) is 5.81. The fourth-order valence-electron chi connectivity index (χ4n) is 2.03. The summed E-state index contributed by atoms with van der Waals surface area (Å²) in [6, 6.07) is 3.82. The van der Waals surface area contributed by atoms with Crippen LogP contribution in [0.15, 0.2) is 12.1 Å². The Morgan fingerprint density at radius 2 is 1.88 bits per heavy atom. The van der Waals surface area contributed by atoms with Crippen LogP contribution in [0.1, 0.15) is 41.3 Å². The number of aryl methyl sites for hydroxylation is 2. The Balaban J connectivity index is 2.32. The van der Waals surface area contributed by atoms with Crippen molar-refractivity contribution in [3.05, 3.63) is 33.8 Å². The standard InChI is InChI=1S/C14H17ClO/c1-8-6-12(13(15)7-9(8)2)14(16)10(3)11-4-5-11/h6-7,10-11H,4-5H2,1-3H3. The molecule has 0 N–H and O–H groups in total. The van der Waals surface area contributed by atoms with Gasteiger partial charge >= 0.3 is 0 Å². The number of halogens is 1. The molecule has 16 heavy (non-hydrogen) atoms. The Labute approximate surface area is 102 Å². The zero-order chi connectivity index (χ0) is 11.9. The van der Waals surface area contributed by atoms with Crippen molar-refractivity contribution in [2.45, 2.75) is 33.6 Å². The second-order valence-corrected chi connectivity index (χ2v) is 5.31. The molecule has 1 nitrogen and oxygen atoms in total. The van der Waals surface area contributed by atoms with Crippen molar-refractivity contribution in [2.75, 3.05) is 0 Å². The number of carbonyl (C=O) groups is 1. The number of Topliss-reactive ketones (excluding diaryl/α,β-unsaturated/α-hetero) is 1. The summed E-state index contributed by atoms with van der Waals surface area (Å²) in [6.45, 7) is 6.05. The molecule has 1 fully saturated rings. The normalized spacial score (nSPS) is 17.2. The molecule has 0 aromatic heterocycles. The van der Waals surface area contributed by atoms with E-state index in [-0.39, 0.29) is 11.7 Å². The van der Waals surface area contributed by atoms with E-state index in [9.17, 15) is 4.79 Å². The number of benzene rings is 1. The predicted molar refractivity (Wildman–Crippen MR) is 67.1 cm³/mol. The van der Waals surface area contributed by atoms with Gasteiger partial charge < -0.3 is 0 Å². The maximum Gasteiger partial charge on any atom is 0.167 e. The summed E-state index contributed by atoms with van der Waals surface area (Å²) in [6.07, 6.45) is 2.38. The summed E-state index contributed by atoms with van der Waals surface area (Å²) in [5.74, 6) is 0.917. The van der Waals surface area contributed by atoms with Gasteiger partial charge in [0.1, 0.15) is 0 Å². The largest absolute Gasteiger partial charge is 0.294 e. The highest BCUT2D eigenvalue weighted by Gasteiger charge is 2.33. The van der Waals surface area contributed by atoms with Crippen LogP contribution in [0.4, 0.5) is 0 Å². The SMILES string of the molecule is Cc1cc(Cl)c(C(=O)C(C)C2CC2)cc1C. The molecule has 2 rings (SSSR count). The van der Waals surface area contributed by atoms with Crippen molar-refractivity contribution < 1.29 is 4.79 Å². The van der Waals surface area contributed by atoms with Gasteiger partial charge in [0, 0.05) is 11.5 Å². The molecule has 1 aliphatic carbocycles. The van der Waals surface area contributed by atoms with E-state index in [4.69, 9.17) is 11.6 Å². The molecule has 1 aromatic rings. The number of carbonyl (C=O) groups excluding carboxylic acids is 1. The number of hydrogen-bond acceptors (Lipinski definition) is 1. The van der Waals surface area contributed by atoms with Crippen LogP contribution in [0.5, 0.6) is 0 Å². The Morgan fingerprint density at radius 1 is 1.31 bits per heavy atom. The van der Waals surface area contributed by atoms with Gasteiger partial charge in [-0.05, 0) is 55.9 Å². The molecule has 0 bridgehead atoms. The van der Waals surface area contributed by atoms with Crippen molar-refractivity contribution in [2.24, 2.45) is 11.8 Å². The van der Waals surface area contributed by atoms with Crippen molar-refractivity contribution in [3.63, 3.8) is 0 Å². The van der Waals surface area contributed by atoms with Crippen molar-refractivity contribution in [1.82, 2.24) is 0 Å². The maximum atomic E-state index is 12.2. The monoisotopic (exact) mass is 236 g/mol. The van der Waals surface area contributed by atoms with Crippen LogP contribution in [0.3, 0.4) is 0 Å². The maximum absolute atomic E-state index is 12.2. The third kappa shape index (κ3) is 2.15. The molecule has 1 saturated carbocycles. The van der Waals surface area contributed by atoms with Gasteiger partial charge in [-0.1, -0.05) is 18.5 Å². The Morgan fingerprint density at radius 3 is 2.44 bits per heavy atom. The van der Waals surface area contributed by atoms with Crippen molar-refractivity contribution in [1.29, 1.82) is 0 Å². The van der Waals surface area contributed by atoms with Crippen LogP contribution in [-0.4, -0.2) is 5.78 Å². The molecule has 0 radical (unpaired) electrons. The summed E-state index contributed by atoms with van der Waals surface area (Å²) in [5.41, 5.74) is 2.97. The Hall–Kier alpha value is -0.820. The highest BCUT2D eigenvalue weighted by atomic mass is 35.5. The lowest BCUT2D eigenvalue weighted by atomic mass is 9.93. The second-order valence-electron chi connectivity index (χ2n) is 4.91. The number of rotatable bonds is 3. The lowest BCUT2D eigenvalue weighted by Crippen LogP contribution is -2.14. The molecule has 0 spiro atoms. The minimum atomic E-state index is 0.125. The van der Waals surface area contributed by atoms with E-state index in [2.05, 4.69) is 0 Å². The van der Waals surface area contributed by atoms with Gasteiger partial charge in [-0.3, -0.25) is 4.79 Å². The minimum Gasteiger partial charge on any atom is -0.294 e. The van der Waals surface area contributed by atoms with Gasteiger partial charge in [0.2, 0.25) is 0 Å². The van der Waals surface area contributed by atoms with E-state index < -0.39 is 0 Å². The van der Waals surface area contributed by atoms with Gasteiger partial charge in [-0.25, -0.2) is 0 Å². The minimum absolute atomic E-state index is 0.125. The molecule has 2 heteroatoms. The smallest absolute Gasteiger partial charge is 0.167 e. The second kappa shape index (κ2) is 4.21. The summed E-state index contributed by atoms with van der Waals surface area (Å²) in [7, 11) is 0. The van der Waals surface area contributed by atoms with Crippen molar-refractivity contribution in [3.8, 4) is 0 Å². The third-order valence-electron chi connectivity index (χ3n) is 3.59. The zero-order valence-corrected chi connectivity index (χ0v) is 10.8. The molecule has 0 heterocycles. The number of ketones is 1. The Bertz CT molecular complexity index is 433. The first-order chi connectivity index (χ1) is 7.50. The summed E-state index contributed by atoms with van der Waals surface area (Å²) >= 11 is 6.14. The zero-order valence-electron chi connectivity index (χ0n) is 10.0. The first-order valence-corrected chi connectivity index (χ1v) is 6.19. The highest BCUT2D eigenvalue weighted by molar-refractivity contribution is 6.34. The fraction of sp³-hybridized carbons (Fsp3) is 0.500. The molecule has 1 unspecified atom stereocenters. The average Bonchev–Trinajstić information content (AvgIpc) is 3.05. The topological polar surface area (TPSA) is 17.1 Å². The van der Waals surface area contributed by atoms with Crippen LogP contribution >= 0.6 is 11.6 Å². The van der Waals surface area contributed by atoms with E-state index in [1.165, 1.54) is 12.8 Å². The lowest BCUT2D eigenvalue weighted by Gasteiger charge is -2.12. The summed E-state index contributed by atoms with van der Waals surface area (Å²) in [4.78, 5) is 12.2. The Kier molecular flexibility index (Phi) is 3.07. The molecule has 0 aliphatic heterocycles. The predicted octanol–water partition coefficient (Wildman–Crippen LogP) is 4.19. The third-order valence-corrected chi connectivity index (χ3v) is 3.90. The van der Waals surface area contributed by atoms with Crippen LogP contribution in [0.2, 0.25) is 5.02 Å². The molecular formula is C14H17ClO. The highest BCUT2D eigenvalue weighted by Crippen LogP contribution is 2.39. The number of hydrogen-bond donors (Lipinski definition) is 0. The quantitative estimate of drug-likeness (QED) is 0.720. The molecule has 0 amide bonds.